The van der Waals surface area contributed by atoms with E-state index in [4.69, 9.17) is 4.74 Å². The lowest BCUT2D eigenvalue weighted by atomic mass is 10.0. The molecule has 0 radical (unpaired) electrons. The molecule has 1 fully saturated rings. The van der Waals surface area contributed by atoms with Crippen LogP contribution in [-0.2, 0) is 4.79 Å². The minimum absolute atomic E-state index is 0.0133. The van der Waals surface area contributed by atoms with Gasteiger partial charge in [-0.25, -0.2) is 8.78 Å². The van der Waals surface area contributed by atoms with Crippen LogP contribution in [0.5, 0.6) is 5.75 Å². The van der Waals surface area contributed by atoms with Gasteiger partial charge in [-0.2, -0.15) is 0 Å². The van der Waals surface area contributed by atoms with Crippen molar-refractivity contribution in [3.05, 3.63) is 29.3 Å². The van der Waals surface area contributed by atoms with E-state index in [1.807, 2.05) is 0 Å². The standard InChI is InChI=1S/C11H8F2O2/c12-7-1-2-8(13)11-10(7)9-5(3-14)6(9)4-15-11/h1-3,5-6,9H,4H2/t5?,6-,9+/m0/s1. The minimum atomic E-state index is -0.554. The first-order chi connectivity index (χ1) is 7.24. The van der Waals surface area contributed by atoms with Crippen molar-refractivity contribution >= 4 is 6.29 Å². The predicted octanol–water partition coefficient (Wildman–Crippen LogP) is 1.89. The van der Waals surface area contributed by atoms with E-state index in [9.17, 15) is 13.6 Å². The van der Waals surface area contributed by atoms with Crippen molar-refractivity contribution in [2.45, 2.75) is 5.92 Å². The SMILES string of the molecule is O=CC1[C@H]2c3c(F)ccc(F)c3OC[C@@H]12. The fourth-order valence-electron chi connectivity index (χ4n) is 2.39. The molecule has 1 saturated carbocycles. The molecular weight excluding hydrogens is 202 g/mol. The highest BCUT2D eigenvalue weighted by atomic mass is 19.1. The van der Waals surface area contributed by atoms with Gasteiger partial charge in [0.2, 0.25) is 0 Å². The summed E-state index contributed by atoms with van der Waals surface area (Å²) >= 11 is 0. The summed E-state index contributed by atoms with van der Waals surface area (Å²) in [6, 6.07) is 2.13. The van der Waals surface area contributed by atoms with E-state index in [1.165, 1.54) is 0 Å². The van der Waals surface area contributed by atoms with Gasteiger partial charge < -0.3 is 9.53 Å². The molecule has 0 N–H and O–H groups in total. The third-order valence-electron chi connectivity index (χ3n) is 3.23. The Hall–Kier alpha value is -1.45. The highest BCUT2D eigenvalue weighted by Crippen LogP contribution is 2.58. The van der Waals surface area contributed by atoms with Crippen molar-refractivity contribution in [3.63, 3.8) is 0 Å². The highest BCUT2D eigenvalue weighted by Gasteiger charge is 2.56. The van der Waals surface area contributed by atoms with Crippen molar-refractivity contribution < 1.29 is 18.3 Å². The Bertz CT molecular complexity index is 444. The van der Waals surface area contributed by atoms with Crippen molar-refractivity contribution in [1.29, 1.82) is 0 Å². The topological polar surface area (TPSA) is 26.3 Å². The third-order valence-corrected chi connectivity index (χ3v) is 3.23. The average molecular weight is 210 g/mol. The maximum atomic E-state index is 13.5. The second-order valence-electron chi connectivity index (χ2n) is 3.99. The zero-order valence-electron chi connectivity index (χ0n) is 7.74. The molecule has 3 atom stereocenters. The molecule has 0 bridgehead atoms. The number of hydrogen-bond donors (Lipinski definition) is 0. The largest absolute Gasteiger partial charge is 0.490 e. The summed E-state index contributed by atoms with van der Waals surface area (Å²) in [5, 5.41) is 0. The lowest BCUT2D eigenvalue weighted by Crippen LogP contribution is -2.11. The number of fused-ring (bicyclic) bond motifs is 3. The molecule has 15 heavy (non-hydrogen) atoms. The first-order valence-electron chi connectivity index (χ1n) is 4.80. The average Bonchev–Trinajstić information content (AvgIpc) is 2.96. The molecule has 1 aliphatic heterocycles. The summed E-state index contributed by atoms with van der Waals surface area (Å²) in [6.45, 7) is 0.307. The van der Waals surface area contributed by atoms with Crippen LogP contribution in [0, 0.1) is 23.5 Å². The van der Waals surface area contributed by atoms with Crippen LogP contribution in [-0.4, -0.2) is 12.9 Å². The molecule has 0 aromatic heterocycles. The maximum absolute atomic E-state index is 13.5. The van der Waals surface area contributed by atoms with Crippen LogP contribution in [0.25, 0.3) is 0 Å². The number of benzene rings is 1. The predicted molar refractivity (Wildman–Crippen MR) is 47.6 cm³/mol. The van der Waals surface area contributed by atoms with Crippen LogP contribution in [0.1, 0.15) is 11.5 Å². The molecule has 0 spiro atoms. The van der Waals surface area contributed by atoms with Gasteiger partial charge in [-0.05, 0) is 12.1 Å². The zero-order valence-corrected chi connectivity index (χ0v) is 7.74. The van der Waals surface area contributed by atoms with Gasteiger partial charge in [0.05, 0.1) is 6.61 Å². The molecule has 1 aromatic carbocycles. The molecular formula is C11H8F2O2. The molecule has 2 aliphatic rings. The lowest BCUT2D eigenvalue weighted by Gasteiger charge is -2.17. The van der Waals surface area contributed by atoms with E-state index < -0.39 is 11.6 Å². The quantitative estimate of drug-likeness (QED) is 0.661. The zero-order chi connectivity index (χ0) is 10.6. The molecule has 78 valence electrons. The highest BCUT2D eigenvalue weighted by molar-refractivity contribution is 5.65. The van der Waals surface area contributed by atoms with E-state index >= 15 is 0 Å². The van der Waals surface area contributed by atoms with E-state index in [-0.39, 0.29) is 29.1 Å². The molecule has 4 heteroatoms. The van der Waals surface area contributed by atoms with E-state index in [0.29, 0.717) is 6.61 Å². The Balaban J connectivity index is 2.14. The van der Waals surface area contributed by atoms with Gasteiger partial charge in [0.25, 0.3) is 0 Å². The Kier molecular flexibility index (Phi) is 1.63. The van der Waals surface area contributed by atoms with Gasteiger partial charge in [0.1, 0.15) is 12.1 Å². The Morgan fingerprint density at radius 3 is 2.80 bits per heavy atom. The van der Waals surface area contributed by atoms with Gasteiger partial charge in [-0.15, -0.1) is 0 Å². The molecule has 0 amide bonds. The van der Waals surface area contributed by atoms with Crippen LogP contribution < -0.4 is 4.74 Å². The van der Waals surface area contributed by atoms with Crippen LogP contribution >= 0.6 is 0 Å². The Morgan fingerprint density at radius 1 is 1.33 bits per heavy atom. The van der Waals surface area contributed by atoms with Crippen LogP contribution in [0.3, 0.4) is 0 Å². The number of carbonyl (C=O) groups excluding carboxylic acids is 1. The number of ether oxygens (including phenoxy) is 1. The number of aldehydes is 1. The van der Waals surface area contributed by atoms with Gasteiger partial charge >= 0.3 is 0 Å². The summed E-state index contributed by atoms with van der Waals surface area (Å²) in [5.41, 5.74) is 0.239. The smallest absolute Gasteiger partial charge is 0.165 e. The summed E-state index contributed by atoms with van der Waals surface area (Å²) in [5.74, 6) is -1.40. The fraction of sp³-hybridized carbons (Fsp3) is 0.364. The lowest BCUT2D eigenvalue weighted by molar-refractivity contribution is -0.109. The number of rotatable bonds is 1. The van der Waals surface area contributed by atoms with Gasteiger partial charge in [0, 0.05) is 23.3 Å². The molecule has 0 saturated heterocycles. The molecule has 1 unspecified atom stereocenters. The normalized spacial score (nSPS) is 31.2. The van der Waals surface area contributed by atoms with Gasteiger partial charge in [-0.1, -0.05) is 0 Å². The minimum Gasteiger partial charge on any atom is -0.490 e. The number of halogens is 2. The monoisotopic (exact) mass is 210 g/mol. The Morgan fingerprint density at radius 2 is 2.07 bits per heavy atom. The van der Waals surface area contributed by atoms with Gasteiger partial charge in [-0.3, -0.25) is 0 Å². The van der Waals surface area contributed by atoms with E-state index in [1.54, 1.807) is 0 Å². The second-order valence-corrected chi connectivity index (χ2v) is 3.99. The van der Waals surface area contributed by atoms with Crippen LogP contribution in [0.4, 0.5) is 8.78 Å². The molecule has 3 rings (SSSR count). The van der Waals surface area contributed by atoms with Gasteiger partial charge in [0.15, 0.2) is 11.6 Å². The summed E-state index contributed by atoms with van der Waals surface area (Å²) in [7, 11) is 0. The van der Waals surface area contributed by atoms with Crippen molar-refractivity contribution in [3.8, 4) is 5.75 Å². The summed E-state index contributed by atoms with van der Waals surface area (Å²) in [6.07, 6.45) is 0.804. The summed E-state index contributed by atoms with van der Waals surface area (Å²) in [4.78, 5) is 10.7. The van der Waals surface area contributed by atoms with Crippen molar-refractivity contribution in [2.75, 3.05) is 6.61 Å². The van der Waals surface area contributed by atoms with E-state index in [2.05, 4.69) is 0 Å². The first kappa shape index (κ1) is 8.83. The first-order valence-corrected chi connectivity index (χ1v) is 4.80. The Labute approximate surface area is 84.9 Å². The summed E-state index contributed by atoms with van der Waals surface area (Å²) < 4.78 is 31.9. The van der Waals surface area contributed by atoms with Crippen molar-refractivity contribution in [2.24, 2.45) is 11.8 Å². The van der Waals surface area contributed by atoms with Crippen molar-refractivity contribution in [1.82, 2.24) is 0 Å². The molecule has 2 nitrogen and oxygen atoms in total. The van der Waals surface area contributed by atoms with Crippen LogP contribution in [0.15, 0.2) is 12.1 Å². The molecule has 1 aliphatic carbocycles. The van der Waals surface area contributed by atoms with E-state index in [0.717, 1.165) is 18.4 Å². The van der Waals surface area contributed by atoms with Crippen LogP contribution in [0.2, 0.25) is 0 Å². The fourth-order valence-corrected chi connectivity index (χ4v) is 2.39. The maximum Gasteiger partial charge on any atom is 0.165 e. The number of hydrogen-bond acceptors (Lipinski definition) is 2. The third kappa shape index (κ3) is 1.05. The molecule has 1 heterocycles. The second kappa shape index (κ2) is 2.78. The molecule has 1 aromatic rings. The number of carbonyl (C=O) groups is 1.